The fraction of sp³-hybridized carbons (Fsp3) is 0.357. The minimum absolute atomic E-state index is 0.0364. The van der Waals surface area contributed by atoms with Gasteiger partial charge in [0.05, 0.1) is 31.6 Å². The maximum absolute atomic E-state index is 14.2. The summed E-state index contributed by atoms with van der Waals surface area (Å²) >= 11 is 0. The zero-order valence-corrected chi connectivity index (χ0v) is 21.5. The summed E-state index contributed by atoms with van der Waals surface area (Å²) in [5.41, 5.74) is 1.04. The van der Waals surface area contributed by atoms with Crippen molar-refractivity contribution in [1.29, 1.82) is 0 Å². The Morgan fingerprint density at radius 1 is 0.878 bits per heavy atom. The molecule has 13 heteroatoms. The van der Waals surface area contributed by atoms with Gasteiger partial charge in [-0.25, -0.2) is 9.59 Å². The van der Waals surface area contributed by atoms with Gasteiger partial charge in [-0.2, -0.15) is 35.1 Å². The highest BCUT2D eigenvalue weighted by Crippen LogP contribution is 2.54. The SMILES string of the molecule is C=CC(=O)OCCC(F)(F)C(F)(F)C(F)(F)C(F)(F)CCOc1ccc2cc(-c3ccccc3CC)c(=O)oc2c1. The van der Waals surface area contributed by atoms with Crippen LogP contribution in [-0.4, -0.2) is 42.9 Å². The fourth-order valence-corrected chi connectivity index (χ4v) is 3.87. The Balaban J connectivity index is 1.73. The number of hydrogen-bond acceptors (Lipinski definition) is 5. The molecule has 0 saturated heterocycles. The van der Waals surface area contributed by atoms with Crippen LogP contribution < -0.4 is 10.4 Å². The first-order valence-corrected chi connectivity index (χ1v) is 12.2. The largest absolute Gasteiger partial charge is 0.493 e. The number of benzene rings is 2. The second-order valence-corrected chi connectivity index (χ2v) is 8.94. The first-order valence-electron chi connectivity index (χ1n) is 12.2. The van der Waals surface area contributed by atoms with Gasteiger partial charge >= 0.3 is 35.3 Å². The molecule has 0 radical (unpaired) electrons. The van der Waals surface area contributed by atoms with Crippen LogP contribution in [0.15, 0.2) is 70.4 Å². The average Bonchev–Trinajstić information content (AvgIpc) is 2.92. The molecular formula is C28H24F8O5. The fourth-order valence-electron chi connectivity index (χ4n) is 3.87. The number of rotatable bonds is 13. The van der Waals surface area contributed by atoms with E-state index in [-0.39, 0.29) is 16.9 Å². The molecule has 0 atom stereocenters. The van der Waals surface area contributed by atoms with Crippen molar-refractivity contribution < 1.29 is 53.8 Å². The topological polar surface area (TPSA) is 65.7 Å². The number of carbonyl (C=O) groups is 1. The Kier molecular flexibility index (Phi) is 9.19. The lowest BCUT2D eigenvalue weighted by molar-refractivity contribution is -0.368. The van der Waals surface area contributed by atoms with Crippen molar-refractivity contribution in [2.75, 3.05) is 13.2 Å². The van der Waals surface area contributed by atoms with Crippen LogP contribution in [0.3, 0.4) is 0 Å². The van der Waals surface area contributed by atoms with Gasteiger partial charge in [-0.3, -0.25) is 0 Å². The third kappa shape index (κ3) is 6.38. The van der Waals surface area contributed by atoms with Gasteiger partial charge in [0, 0.05) is 17.5 Å². The molecule has 0 N–H and O–H groups in total. The van der Waals surface area contributed by atoms with Gasteiger partial charge in [0.15, 0.2) is 0 Å². The highest BCUT2D eigenvalue weighted by Gasteiger charge is 2.79. The number of esters is 1. The summed E-state index contributed by atoms with van der Waals surface area (Å²) in [6, 6.07) is 12.4. The molecule has 1 aromatic heterocycles. The van der Waals surface area contributed by atoms with Crippen LogP contribution in [0.25, 0.3) is 22.1 Å². The van der Waals surface area contributed by atoms with Gasteiger partial charge in [-0.15, -0.1) is 0 Å². The van der Waals surface area contributed by atoms with Crippen molar-refractivity contribution in [3.8, 4) is 16.9 Å². The molecular weight excluding hydrogens is 568 g/mol. The van der Waals surface area contributed by atoms with Crippen LogP contribution in [0.2, 0.25) is 0 Å². The maximum Gasteiger partial charge on any atom is 0.378 e. The summed E-state index contributed by atoms with van der Waals surface area (Å²) in [7, 11) is 0. The number of ether oxygens (including phenoxy) is 2. The zero-order chi connectivity index (χ0) is 30.6. The second kappa shape index (κ2) is 11.9. The van der Waals surface area contributed by atoms with Gasteiger partial charge in [0.2, 0.25) is 0 Å². The van der Waals surface area contributed by atoms with E-state index in [1.165, 1.54) is 18.2 Å². The Hall–Kier alpha value is -3.90. The van der Waals surface area contributed by atoms with Crippen LogP contribution >= 0.6 is 0 Å². The smallest absolute Gasteiger partial charge is 0.378 e. The number of alkyl halides is 8. The Morgan fingerprint density at radius 3 is 2.10 bits per heavy atom. The predicted molar refractivity (Wildman–Crippen MR) is 133 cm³/mol. The quantitative estimate of drug-likeness (QED) is 0.0893. The van der Waals surface area contributed by atoms with Crippen LogP contribution in [0.5, 0.6) is 5.75 Å². The lowest BCUT2D eigenvalue weighted by Gasteiger charge is -2.36. The monoisotopic (exact) mass is 592 g/mol. The number of hydrogen-bond donors (Lipinski definition) is 0. The number of halogens is 8. The molecule has 0 aliphatic rings. The van der Waals surface area contributed by atoms with Crippen molar-refractivity contribution in [1.82, 2.24) is 0 Å². The Labute approximate surface area is 228 Å². The van der Waals surface area contributed by atoms with E-state index in [9.17, 15) is 44.7 Å². The summed E-state index contributed by atoms with van der Waals surface area (Å²) in [4.78, 5) is 23.5. The summed E-state index contributed by atoms with van der Waals surface area (Å²) in [5, 5.41) is 0.412. The van der Waals surface area contributed by atoms with E-state index in [1.54, 1.807) is 12.1 Å². The molecule has 0 unspecified atom stereocenters. The number of carbonyl (C=O) groups excluding carboxylic acids is 1. The maximum atomic E-state index is 14.2. The van der Waals surface area contributed by atoms with Gasteiger partial charge in [-0.1, -0.05) is 37.8 Å². The first kappa shape index (κ1) is 31.6. The van der Waals surface area contributed by atoms with E-state index in [0.717, 1.165) is 11.6 Å². The molecule has 0 aliphatic carbocycles. The van der Waals surface area contributed by atoms with E-state index in [2.05, 4.69) is 11.3 Å². The van der Waals surface area contributed by atoms with Crippen LogP contribution in [0, 0.1) is 0 Å². The molecule has 0 bridgehead atoms. The number of fused-ring (bicyclic) bond motifs is 1. The van der Waals surface area contributed by atoms with Gasteiger partial charge in [0.1, 0.15) is 11.3 Å². The van der Waals surface area contributed by atoms with Crippen molar-refractivity contribution in [2.45, 2.75) is 49.9 Å². The predicted octanol–water partition coefficient (Wildman–Crippen LogP) is 7.45. The molecule has 1 heterocycles. The molecule has 3 rings (SSSR count). The molecule has 3 aromatic rings. The minimum atomic E-state index is -6.51. The summed E-state index contributed by atoms with van der Waals surface area (Å²) in [6.45, 7) is 2.11. The van der Waals surface area contributed by atoms with E-state index in [4.69, 9.17) is 9.15 Å². The van der Waals surface area contributed by atoms with Crippen LogP contribution in [0.1, 0.15) is 25.3 Å². The van der Waals surface area contributed by atoms with Crippen LogP contribution in [-0.2, 0) is 16.0 Å². The van der Waals surface area contributed by atoms with E-state index < -0.39 is 61.3 Å². The van der Waals surface area contributed by atoms with E-state index in [1.807, 2.05) is 19.1 Å². The normalized spacial score (nSPS) is 12.8. The van der Waals surface area contributed by atoms with Crippen LogP contribution in [0.4, 0.5) is 35.1 Å². The van der Waals surface area contributed by atoms with E-state index in [0.29, 0.717) is 23.4 Å². The molecule has 0 aliphatic heterocycles. The summed E-state index contributed by atoms with van der Waals surface area (Å²) in [6.07, 6.45) is -3.06. The second-order valence-electron chi connectivity index (χ2n) is 8.94. The van der Waals surface area contributed by atoms with Crippen molar-refractivity contribution >= 4 is 16.9 Å². The molecule has 2 aromatic carbocycles. The minimum Gasteiger partial charge on any atom is -0.493 e. The third-order valence-electron chi connectivity index (χ3n) is 6.22. The van der Waals surface area contributed by atoms with Crippen molar-refractivity contribution in [3.63, 3.8) is 0 Å². The summed E-state index contributed by atoms with van der Waals surface area (Å²) in [5.74, 6) is -25.8. The Morgan fingerprint density at radius 2 is 1.49 bits per heavy atom. The van der Waals surface area contributed by atoms with Crippen molar-refractivity contribution in [2.24, 2.45) is 0 Å². The average molecular weight is 592 g/mol. The van der Waals surface area contributed by atoms with Gasteiger partial charge < -0.3 is 13.9 Å². The first-order chi connectivity index (χ1) is 19.1. The van der Waals surface area contributed by atoms with E-state index >= 15 is 0 Å². The molecule has 0 saturated carbocycles. The number of aryl methyl sites for hydroxylation is 1. The Bertz CT molecular complexity index is 1470. The lowest BCUT2D eigenvalue weighted by atomic mass is 9.95. The zero-order valence-electron chi connectivity index (χ0n) is 21.5. The standard InChI is InChI=1S/C28H24F8O5/c1-3-17-7-5-6-8-20(17)21-15-18-9-10-19(16-22(18)41-24(21)38)39-13-11-25(29,30)27(33,34)28(35,36)26(31,32)12-14-40-23(37)4-2/h4-10,15-16H,2-3,11-14H2,1H3. The molecule has 41 heavy (non-hydrogen) atoms. The summed E-state index contributed by atoms with van der Waals surface area (Å²) < 4.78 is 127. The lowest BCUT2D eigenvalue weighted by Crippen LogP contribution is -2.62. The molecule has 0 amide bonds. The molecule has 5 nitrogen and oxygen atoms in total. The molecule has 0 spiro atoms. The molecule has 222 valence electrons. The highest BCUT2D eigenvalue weighted by atomic mass is 19.4. The van der Waals surface area contributed by atoms with Gasteiger partial charge in [-0.05, 0) is 35.7 Å². The highest BCUT2D eigenvalue weighted by molar-refractivity contribution is 5.83. The van der Waals surface area contributed by atoms with Crippen molar-refractivity contribution in [3.05, 3.63) is 77.2 Å². The third-order valence-corrected chi connectivity index (χ3v) is 6.22. The van der Waals surface area contributed by atoms with Gasteiger partial charge in [0.25, 0.3) is 0 Å². The molecule has 0 fully saturated rings.